The third-order valence-corrected chi connectivity index (χ3v) is 7.33. The summed E-state index contributed by atoms with van der Waals surface area (Å²) >= 11 is 3.56. The van der Waals surface area contributed by atoms with Gasteiger partial charge in [-0.15, -0.1) is 0 Å². The van der Waals surface area contributed by atoms with Gasteiger partial charge in [0.05, 0.1) is 33.7 Å². The molecule has 0 amide bonds. The summed E-state index contributed by atoms with van der Waals surface area (Å²) in [5, 5.41) is 14.1. The van der Waals surface area contributed by atoms with E-state index in [1.54, 1.807) is 0 Å². The highest BCUT2D eigenvalue weighted by atomic mass is 79.9. The average molecular weight is 512 g/mol. The molecule has 35 heavy (non-hydrogen) atoms. The lowest BCUT2D eigenvalue weighted by atomic mass is 10.1. The molecule has 5 aromatic carbocycles. The van der Waals surface area contributed by atoms with Gasteiger partial charge in [-0.1, -0.05) is 52.3 Å². The lowest BCUT2D eigenvalue weighted by Gasteiger charge is -2.10. The molecule has 7 aromatic rings. The molecule has 0 aliphatic carbocycles. The Labute approximate surface area is 210 Å². The van der Waals surface area contributed by atoms with Crippen LogP contribution in [0, 0.1) is 11.3 Å². The zero-order chi connectivity index (χ0) is 23.5. The van der Waals surface area contributed by atoms with Crippen molar-refractivity contribution in [2.24, 2.45) is 0 Å². The van der Waals surface area contributed by atoms with Crippen LogP contribution in [-0.2, 0) is 0 Å². The van der Waals surface area contributed by atoms with E-state index in [1.807, 2.05) is 12.1 Å². The number of fused-ring (bicyclic) bond motifs is 6. The summed E-state index contributed by atoms with van der Waals surface area (Å²) in [5.74, 6) is 0. The second-order valence-corrected chi connectivity index (χ2v) is 9.64. The topological polar surface area (TPSA) is 33.6 Å². The molecule has 0 spiro atoms. The molecule has 2 heterocycles. The Kier molecular flexibility index (Phi) is 4.36. The van der Waals surface area contributed by atoms with Crippen molar-refractivity contribution in [2.75, 3.05) is 0 Å². The molecule has 0 aliphatic heterocycles. The quantitative estimate of drug-likeness (QED) is 0.229. The lowest BCUT2D eigenvalue weighted by molar-refractivity contribution is 1.16. The maximum Gasteiger partial charge on any atom is 0.0991 e. The van der Waals surface area contributed by atoms with E-state index >= 15 is 0 Å². The van der Waals surface area contributed by atoms with Gasteiger partial charge in [0.25, 0.3) is 0 Å². The van der Waals surface area contributed by atoms with Crippen molar-refractivity contribution in [3.63, 3.8) is 0 Å². The molecule has 0 bridgehead atoms. The van der Waals surface area contributed by atoms with Crippen LogP contribution in [0.15, 0.2) is 114 Å². The van der Waals surface area contributed by atoms with E-state index in [0.29, 0.717) is 5.56 Å². The molecule has 2 aromatic heterocycles. The second kappa shape index (κ2) is 7.59. The summed E-state index contributed by atoms with van der Waals surface area (Å²) in [6.07, 6.45) is 0. The molecular weight excluding hydrogens is 494 g/mol. The molecule has 0 N–H and O–H groups in total. The van der Waals surface area contributed by atoms with Gasteiger partial charge >= 0.3 is 0 Å². The molecule has 0 fully saturated rings. The van der Waals surface area contributed by atoms with E-state index in [9.17, 15) is 5.26 Å². The summed E-state index contributed by atoms with van der Waals surface area (Å²) in [6, 6.07) is 40.4. The number of halogens is 1. The third kappa shape index (κ3) is 2.96. The van der Waals surface area contributed by atoms with Crippen molar-refractivity contribution in [1.82, 2.24) is 9.13 Å². The van der Waals surface area contributed by atoms with Crippen LogP contribution in [-0.4, -0.2) is 9.13 Å². The van der Waals surface area contributed by atoms with Crippen LogP contribution in [0.2, 0.25) is 0 Å². The molecular formula is C31H18BrN3. The standard InChI is InChI=1S/C31H18BrN3/c32-21-10-12-22(13-11-21)34-28-7-3-2-6-25(28)27-18-23(14-16-31(27)34)35-29-8-4-1-5-24(29)26-17-20(19-33)9-15-30(26)35/h1-18H. The molecule has 0 saturated heterocycles. The molecule has 0 unspecified atom stereocenters. The highest BCUT2D eigenvalue weighted by molar-refractivity contribution is 9.10. The second-order valence-electron chi connectivity index (χ2n) is 8.73. The van der Waals surface area contributed by atoms with Crippen molar-refractivity contribution in [3.8, 4) is 17.4 Å². The minimum Gasteiger partial charge on any atom is -0.309 e. The largest absolute Gasteiger partial charge is 0.309 e. The van der Waals surface area contributed by atoms with Crippen LogP contribution >= 0.6 is 15.9 Å². The van der Waals surface area contributed by atoms with E-state index in [2.05, 4.69) is 128 Å². The number of hydrogen-bond donors (Lipinski definition) is 0. The number of para-hydroxylation sites is 2. The van der Waals surface area contributed by atoms with Crippen LogP contribution in [0.25, 0.3) is 55.0 Å². The zero-order valence-corrected chi connectivity index (χ0v) is 20.2. The average Bonchev–Trinajstić information content (AvgIpc) is 3.41. The predicted octanol–water partition coefficient (Wildman–Crippen LogP) is 8.51. The number of hydrogen-bond acceptors (Lipinski definition) is 1. The third-order valence-electron chi connectivity index (χ3n) is 6.80. The Balaban J connectivity index is 1.56. The first-order chi connectivity index (χ1) is 17.2. The minimum atomic E-state index is 0.674. The van der Waals surface area contributed by atoms with Gasteiger partial charge < -0.3 is 9.13 Å². The Bertz CT molecular complexity index is 1970. The van der Waals surface area contributed by atoms with E-state index in [1.165, 1.54) is 21.8 Å². The zero-order valence-electron chi connectivity index (χ0n) is 18.6. The first-order valence-electron chi connectivity index (χ1n) is 11.5. The molecule has 3 nitrogen and oxygen atoms in total. The number of benzene rings is 5. The summed E-state index contributed by atoms with van der Waals surface area (Å²) in [4.78, 5) is 0. The van der Waals surface area contributed by atoms with Gasteiger partial charge in [0.1, 0.15) is 0 Å². The maximum atomic E-state index is 9.46. The van der Waals surface area contributed by atoms with Gasteiger partial charge in [0.2, 0.25) is 0 Å². The van der Waals surface area contributed by atoms with Crippen molar-refractivity contribution in [3.05, 3.63) is 119 Å². The summed E-state index contributed by atoms with van der Waals surface area (Å²) < 4.78 is 5.69. The molecule has 164 valence electrons. The van der Waals surface area contributed by atoms with Crippen molar-refractivity contribution >= 4 is 59.5 Å². The molecule has 0 saturated carbocycles. The van der Waals surface area contributed by atoms with Crippen LogP contribution in [0.1, 0.15) is 5.56 Å². The van der Waals surface area contributed by atoms with Gasteiger partial charge in [-0.05, 0) is 72.8 Å². The van der Waals surface area contributed by atoms with Crippen molar-refractivity contribution in [1.29, 1.82) is 5.26 Å². The predicted molar refractivity (Wildman–Crippen MR) is 148 cm³/mol. The van der Waals surface area contributed by atoms with Crippen LogP contribution in [0.3, 0.4) is 0 Å². The number of aromatic nitrogens is 2. The fraction of sp³-hybridized carbons (Fsp3) is 0. The number of nitriles is 1. The fourth-order valence-corrected chi connectivity index (χ4v) is 5.55. The first-order valence-corrected chi connectivity index (χ1v) is 12.2. The van der Waals surface area contributed by atoms with Gasteiger partial charge in [0.15, 0.2) is 0 Å². The van der Waals surface area contributed by atoms with E-state index in [-0.39, 0.29) is 0 Å². The Morgan fingerprint density at radius 1 is 0.514 bits per heavy atom. The Morgan fingerprint density at radius 2 is 1.03 bits per heavy atom. The fourth-order valence-electron chi connectivity index (χ4n) is 5.29. The van der Waals surface area contributed by atoms with Gasteiger partial charge in [-0.3, -0.25) is 0 Å². The highest BCUT2D eigenvalue weighted by Crippen LogP contribution is 2.37. The highest BCUT2D eigenvalue weighted by Gasteiger charge is 2.16. The van der Waals surface area contributed by atoms with Gasteiger partial charge in [-0.25, -0.2) is 0 Å². The summed E-state index contributed by atoms with van der Waals surface area (Å²) in [6.45, 7) is 0. The van der Waals surface area contributed by atoms with Gasteiger partial charge in [0, 0.05) is 37.4 Å². The van der Waals surface area contributed by atoms with Crippen LogP contribution in [0.4, 0.5) is 0 Å². The molecule has 0 radical (unpaired) electrons. The van der Waals surface area contributed by atoms with E-state index in [4.69, 9.17) is 0 Å². The summed E-state index contributed by atoms with van der Waals surface area (Å²) in [5.41, 5.74) is 7.50. The number of rotatable bonds is 2. The van der Waals surface area contributed by atoms with Crippen molar-refractivity contribution in [2.45, 2.75) is 0 Å². The smallest absolute Gasteiger partial charge is 0.0991 e. The monoisotopic (exact) mass is 511 g/mol. The van der Waals surface area contributed by atoms with Crippen molar-refractivity contribution < 1.29 is 0 Å². The normalized spacial score (nSPS) is 11.5. The minimum absolute atomic E-state index is 0.674. The molecule has 0 aliphatic rings. The maximum absolute atomic E-state index is 9.46. The molecule has 4 heteroatoms. The van der Waals surface area contributed by atoms with E-state index < -0.39 is 0 Å². The Morgan fingerprint density at radius 3 is 1.69 bits per heavy atom. The summed E-state index contributed by atoms with van der Waals surface area (Å²) in [7, 11) is 0. The molecule has 7 rings (SSSR count). The first kappa shape index (κ1) is 20.1. The van der Waals surface area contributed by atoms with Crippen LogP contribution < -0.4 is 0 Å². The van der Waals surface area contributed by atoms with Gasteiger partial charge in [-0.2, -0.15) is 5.26 Å². The Hall–Kier alpha value is -4.33. The molecule has 0 atom stereocenters. The number of nitrogens with zero attached hydrogens (tertiary/aromatic N) is 3. The lowest BCUT2D eigenvalue weighted by Crippen LogP contribution is -1.95. The van der Waals surface area contributed by atoms with Crippen LogP contribution in [0.5, 0.6) is 0 Å². The SMILES string of the molecule is N#Cc1ccc2c(c1)c1ccccc1n2-c1ccc2c(c1)c1ccccc1n2-c1ccc(Br)cc1. The van der Waals surface area contributed by atoms with E-state index in [0.717, 1.165) is 37.7 Å².